The zero-order valence-corrected chi connectivity index (χ0v) is 33.6. The largest absolute Gasteiger partial charge is 0.497 e. The average molecular weight is 774 g/mol. The van der Waals surface area contributed by atoms with Gasteiger partial charge in [0.25, 0.3) is 5.91 Å². The molecule has 55 heavy (non-hydrogen) atoms. The van der Waals surface area contributed by atoms with E-state index in [1.807, 2.05) is 44.1 Å². The van der Waals surface area contributed by atoms with Gasteiger partial charge in [0, 0.05) is 60.7 Å². The number of thiophene rings is 1. The highest BCUT2D eigenvalue weighted by Crippen LogP contribution is 2.49. The molecule has 0 radical (unpaired) electrons. The fraction of sp³-hybridized carbons (Fsp3) is 0.634. The maximum Gasteiger partial charge on any atom is 0.410 e. The third-order valence-corrected chi connectivity index (χ3v) is 13.3. The van der Waals surface area contributed by atoms with Crippen LogP contribution < -0.4 is 25.0 Å². The second kappa shape index (κ2) is 15.0. The summed E-state index contributed by atoms with van der Waals surface area (Å²) in [5.41, 5.74) is 2.11. The van der Waals surface area contributed by atoms with E-state index in [1.54, 1.807) is 25.6 Å². The molecule has 2 aromatic heterocycles. The molecule has 0 bridgehead atoms. The monoisotopic (exact) mass is 773 g/mol. The van der Waals surface area contributed by atoms with E-state index < -0.39 is 5.60 Å². The van der Waals surface area contributed by atoms with Crippen molar-refractivity contribution in [2.75, 3.05) is 44.1 Å². The Kier molecular flexibility index (Phi) is 10.2. The predicted molar refractivity (Wildman–Crippen MR) is 210 cm³/mol. The number of ether oxygens (including phenoxy) is 3. The molecule has 2 unspecified atom stereocenters. The lowest BCUT2D eigenvalue weighted by molar-refractivity contribution is -0.117. The standard InChI is InChI=1S/C41H55N7O6S/c1-40(2,3)54-39(51)46-17-16-41(23-46)15-14-29(20-41)47(22-27-10-12-30(52-4)19-32(27)53-5)38-45-43-24-48(38)28-11-13-33-31(18-28)34(36(50)42-21-25-6-7-25)37(55-33)44-35(49)26-8-9-26/h10,12,19,24-26,28-29H,6-9,11,13-18,20-23H2,1-5H3,(H,42,50)(H,44,49)/t28-,29?,41?/m0/s1. The Labute approximate surface area is 327 Å². The summed E-state index contributed by atoms with van der Waals surface area (Å²) in [6.45, 7) is 8.31. The molecule has 1 saturated heterocycles. The van der Waals surface area contributed by atoms with Crippen LogP contribution in [0.15, 0.2) is 24.5 Å². The fourth-order valence-electron chi connectivity index (χ4n) is 8.80. The fourth-order valence-corrected chi connectivity index (χ4v) is 10.0. The van der Waals surface area contributed by atoms with Crippen LogP contribution in [0, 0.1) is 17.3 Å². The highest BCUT2D eigenvalue weighted by atomic mass is 32.1. The Morgan fingerprint density at radius 2 is 1.87 bits per heavy atom. The van der Waals surface area contributed by atoms with E-state index in [4.69, 9.17) is 19.3 Å². The van der Waals surface area contributed by atoms with E-state index >= 15 is 0 Å². The van der Waals surface area contributed by atoms with Gasteiger partial charge in [0.1, 0.15) is 28.4 Å². The van der Waals surface area contributed by atoms with Crippen LogP contribution >= 0.6 is 11.3 Å². The van der Waals surface area contributed by atoms with E-state index in [9.17, 15) is 14.4 Å². The van der Waals surface area contributed by atoms with Gasteiger partial charge in [-0.25, -0.2) is 4.79 Å². The first-order valence-corrected chi connectivity index (χ1v) is 20.8. The van der Waals surface area contributed by atoms with Crippen LogP contribution in [-0.4, -0.2) is 83.1 Å². The molecule has 5 aliphatic rings. The van der Waals surface area contributed by atoms with Crippen molar-refractivity contribution in [1.29, 1.82) is 0 Å². The van der Waals surface area contributed by atoms with E-state index in [0.29, 0.717) is 49.1 Å². The van der Waals surface area contributed by atoms with Crippen molar-refractivity contribution in [2.45, 2.75) is 116 Å². The van der Waals surface area contributed by atoms with Crippen LogP contribution in [0.3, 0.4) is 0 Å². The number of aromatic nitrogens is 3. The minimum Gasteiger partial charge on any atom is -0.497 e. The number of aryl methyl sites for hydroxylation is 1. The number of likely N-dealkylation sites (tertiary alicyclic amines) is 1. The van der Waals surface area contributed by atoms with Gasteiger partial charge in [-0.3, -0.25) is 14.2 Å². The second-order valence-electron chi connectivity index (χ2n) is 17.4. The summed E-state index contributed by atoms with van der Waals surface area (Å²) in [6, 6.07) is 6.08. The summed E-state index contributed by atoms with van der Waals surface area (Å²) in [4.78, 5) is 45.4. The third-order valence-electron chi connectivity index (χ3n) is 12.1. The van der Waals surface area contributed by atoms with Crippen LogP contribution in [0.4, 0.5) is 15.7 Å². The summed E-state index contributed by atoms with van der Waals surface area (Å²) in [6.07, 6.45) is 11.8. The maximum atomic E-state index is 13.9. The Hall–Kier alpha value is -4.33. The zero-order chi connectivity index (χ0) is 38.5. The smallest absolute Gasteiger partial charge is 0.410 e. The number of amides is 3. The highest BCUT2D eigenvalue weighted by molar-refractivity contribution is 7.17. The SMILES string of the molecule is COc1ccc(CN(c2nncn2[C@H]2CCc3sc(NC(=O)C4CC4)c(C(=O)NCC4CC4)c3C2)C2CCC3(CCN(C(=O)OC(C)(C)C)C3)C2)c(OC)c1. The van der Waals surface area contributed by atoms with Crippen molar-refractivity contribution in [1.82, 2.24) is 25.0 Å². The predicted octanol–water partition coefficient (Wildman–Crippen LogP) is 6.76. The quantitative estimate of drug-likeness (QED) is 0.204. The molecule has 14 heteroatoms. The summed E-state index contributed by atoms with van der Waals surface area (Å²) >= 11 is 1.56. The molecule has 296 valence electrons. The number of hydrogen-bond acceptors (Lipinski definition) is 10. The van der Waals surface area contributed by atoms with Gasteiger partial charge in [0.2, 0.25) is 11.9 Å². The van der Waals surface area contributed by atoms with Gasteiger partial charge in [0.15, 0.2) is 0 Å². The Balaban J connectivity index is 1.08. The number of benzene rings is 1. The van der Waals surface area contributed by atoms with Crippen LogP contribution in [0.5, 0.6) is 11.5 Å². The lowest BCUT2D eigenvalue weighted by atomic mass is 9.85. The number of hydrogen-bond donors (Lipinski definition) is 2. The molecule has 3 saturated carbocycles. The van der Waals surface area contributed by atoms with Crippen molar-refractivity contribution in [3.63, 3.8) is 0 Å². The van der Waals surface area contributed by atoms with E-state index in [1.165, 1.54) is 4.88 Å². The third kappa shape index (κ3) is 8.15. The van der Waals surface area contributed by atoms with Gasteiger partial charge in [-0.15, -0.1) is 21.5 Å². The average Bonchev–Trinajstić information content (AvgIpc) is 4.01. The van der Waals surface area contributed by atoms with Crippen molar-refractivity contribution < 1.29 is 28.6 Å². The second-order valence-corrected chi connectivity index (χ2v) is 18.5. The van der Waals surface area contributed by atoms with Crippen molar-refractivity contribution in [2.24, 2.45) is 17.3 Å². The summed E-state index contributed by atoms with van der Waals surface area (Å²) in [7, 11) is 3.33. The molecule has 3 amide bonds. The zero-order valence-electron chi connectivity index (χ0n) is 32.8. The molecule has 4 fully saturated rings. The molecule has 3 heterocycles. The van der Waals surface area contributed by atoms with Gasteiger partial charge < -0.3 is 34.6 Å². The number of anilines is 2. The van der Waals surface area contributed by atoms with Crippen LogP contribution in [0.2, 0.25) is 0 Å². The van der Waals surface area contributed by atoms with Gasteiger partial charge >= 0.3 is 6.09 Å². The number of carbonyl (C=O) groups excluding carboxylic acids is 3. The highest BCUT2D eigenvalue weighted by Gasteiger charge is 2.48. The molecule has 4 aliphatic carbocycles. The Morgan fingerprint density at radius 3 is 2.60 bits per heavy atom. The summed E-state index contributed by atoms with van der Waals surface area (Å²) < 4.78 is 19.4. The molecule has 8 rings (SSSR count). The van der Waals surface area contributed by atoms with Crippen LogP contribution in [0.1, 0.15) is 111 Å². The summed E-state index contributed by atoms with van der Waals surface area (Å²) in [5, 5.41) is 16.3. The number of fused-ring (bicyclic) bond motifs is 1. The molecule has 1 aromatic carbocycles. The molecule has 2 N–H and O–H groups in total. The van der Waals surface area contributed by atoms with E-state index in [0.717, 1.165) is 92.8 Å². The lowest BCUT2D eigenvalue weighted by Crippen LogP contribution is -2.39. The van der Waals surface area contributed by atoms with E-state index in [2.05, 4.69) is 31.3 Å². The van der Waals surface area contributed by atoms with Crippen LogP contribution in [0.25, 0.3) is 0 Å². The summed E-state index contributed by atoms with van der Waals surface area (Å²) in [5.74, 6) is 2.76. The van der Waals surface area contributed by atoms with Crippen molar-refractivity contribution in [3.05, 3.63) is 46.1 Å². The number of nitrogens with one attached hydrogen (secondary N) is 2. The minimum atomic E-state index is -0.542. The number of rotatable bonds is 12. The maximum absolute atomic E-state index is 13.9. The van der Waals surface area contributed by atoms with Gasteiger partial charge in [0.05, 0.1) is 19.8 Å². The molecule has 3 aromatic rings. The number of nitrogens with zero attached hydrogens (tertiary/aromatic N) is 5. The van der Waals surface area contributed by atoms with Gasteiger partial charge in [-0.2, -0.15) is 0 Å². The lowest BCUT2D eigenvalue weighted by Gasteiger charge is -2.34. The van der Waals surface area contributed by atoms with E-state index in [-0.39, 0.29) is 41.3 Å². The molecule has 13 nitrogen and oxygen atoms in total. The van der Waals surface area contributed by atoms with Gasteiger partial charge in [-0.05, 0) is 120 Å². The normalized spacial score (nSPS) is 23.4. The van der Waals surface area contributed by atoms with Crippen LogP contribution in [-0.2, 0) is 28.9 Å². The number of methoxy groups -OCH3 is 2. The topological polar surface area (TPSA) is 140 Å². The Morgan fingerprint density at radius 1 is 1.05 bits per heavy atom. The molecular formula is C41H55N7O6S. The Bertz CT molecular complexity index is 1930. The minimum absolute atomic E-state index is 0.00485. The first-order chi connectivity index (χ1) is 26.4. The molecule has 1 spiro atoms. The van der Waals surface area contributed by atoms with Crippen molar-refractivity contribution >= 4 is 40.2 Å². The molecule has 3 atom stereocenters. The molecular weight excluding hydrogens is 719 g/mol. The first kappa shape index (κ1) is 37.6. The van der Waals surface area contributed by atoms with Gasteiger partial charge in [-0.1, -0.05) is 0 Å². The van der Waals surface area contributed by atoms with Crippen molar-refractivity contribution in [3.8, 4) is 11.5 Å². The number of carbonyl (C=O) groups is 3. The first-order valence-electron chi connectivity index (χ1n) is 20.0. The molecule has 1 aliphatic heterocycles.